The van der Waals surface area contributed by atoms with E-state index in [-0.39, 0.29) is 127 Å². The van der Waals surface area contributed by atoms with Gasteiger partial charge in [-0.3, -0.25) is 28.8 Å². The Morgan fingerprint density at radius 2 is 1.05 bits per heavy atom. The summed E-state index contributed by atoms with van der Waals surface area (Å²) in [5.74, 6) is -1.30. The second kappa shape index (κ2) is 28.8. The molecule has 428 valence electrons. The van der Waals surface area contributed by atoms with Crippen molar-refractivity contribution in [2.24, 2.45) is 11.8 Å². The van der Waals surface area contributed by atoms with Gasteiger partial charge >= 0.3 is 11.9 Å². The summed E-state index contributed by atoms with van der Waals surface area (Å²) in [6.07, 6.45) is 22.2. The summed E-state index contributed by atoms with van der Waals surface area (Å²) in [7, 11) is 0. The number of nitrogens with one attached hydrogen (secondary N) is 4. The van der Waals surface area contributed by atoms with Gasteiger partial charge in [-0.1, -0.05) is 61.4 Å². The Kier molecular flexibility index (Phi) is 22.9. The molecule has 18 nitrogen and oxygen atoms in total. The standard InChI is InChI=1S/C59H88N4O14/c1-11-60-55(67)28-47-32-58(34-70-58)30-45(76-47)18-12-36(2)14-20-52-39(5)27-50(43(9)75-52)63-54(66)23-17-41(7)73-57(69)24-25-61-56(68)29-48-33-59(35-71-59)31-46(77-48)19-13-37(3)15-21-51-38(4)26-49(42(8)74-51)62-53(65)22-16-40(6)72-44(10)64/h12-19,22-23,38-43,45-52H,11,20-21,24-35H2,1-10H3,(H,60,67)(H,61,68)(H,62,65)(H,63,66)/b18-12+,19-13+,22-16-,23-17-,36-14+,37-15+/t38-,39-,40-,41-,42+,43+,45+,46+,47+,48+,49+,50+,51-,52-,58+,59+/m0/s1. The first-order valence-electron chi connectivity index (χ1n) is 28.1. The van der Waals surface area contributed by atoms with Gasteiger partial charge in [0.05, 0.1) is 105 Å². The summed E-state index contributed by atoms with van der Waals surface area (Å²) in [6.45, 7) is 20.9. The number of hydrogen-bond donors (Lipinski definition) is 4. The van der Waals surface area contributed by atoms with Crippen molar-refractivity contribution in [1.29, 1.82) is 0 Å². The molecular weight excluding hydrogens is 989 g/mol. The Labute approximate surface area is 456 Å². The van der Waals surface area contributed by atoms with Crippen molar-refractivity contribution >= 4 is 35.6 Å². The highest BCUT2D eigenvalue weighted by Gasteiger charge is 2.52. The van der Waals surface area contributed by atoms with E-state index in [0.717, 1.165) is 43.3 Å². The maximum atomic E-state index is 13.0. The predicted octanol–water partition coefficient (Wildman–Crippen LogP) is 6.42. The van der Waals surface area contributed by atoms with E-state index in [1.165, 1.54) is 25.2 Å². The molecule has 6 aliphatic heterocycles. The zero-order chi connectivity index (χ0) is 55.9. The van der Waals surface area contributed by atoms with E-state index in [0.29, 0.717) is 45.4 Å². The van der Waals surface area contributed by atoms with Crippen LogP contribution in [-0.2, 0) is 66.7 Å². The Morgan fingerprint density at radius 3 is 1.48 bits per heavy atom. The zero-order valence-corrected chi connectivity index (χ0v) is 47.2. The molecule has 16 atom stereocenters. The Balaban J connectivity index is 0.840. The van der Waals surface area contributed by atoms with Crippen LogP contribution in [0, 0.1) is 11.8 Å². The first kappa shape index (κ1) is 61.2. The predicted molar refractivity (Wildman–Crippen MR) is 289 cm³/mol. The third kappa shape index (κ3) is 20.6. The quantitative estimate of drug-likeness (QED) is 0.0354. The number of ether oxygens (including phenoxy) is 8. The topological polar surface area (TPSA) is 231 Å². The minimum absolute atomic E-state index is 0.00415. The average molecular weight is 1080 g/mol. The Hall–Kier alpha value is -4.98. The number of carbonyl (C=O) groups excluding carboxylic acids is 6. The number of allylic oxidation sites excluding steroid dienone is 4. The van der Waals surface area contributed by atoms with E-state index in [1.54, 1.807) is 19.9 Å². The molecule has 2 spiro atoms. The van der Waals surface area contributed by atoms with E-state index in [4.69, 9.17) is 37.9 Å². The van der Waals surface area contributed by atoms with Gasteiger partial charge < -0.3 is 59.2 Å². The maximum absolute atomic E-state index is 13.0. The van der Waals surface area contributed by atoms with E-state index in [2.05, 4.69) is 66.3 Å². The van der Waals surface area contributed by atoms with Crippen LogP contribution in [-0.4, -0.2) is 146 Å². The molecular formula is C59H88N4O14. The fourth-order valence-electron chi connectivity index (χ4n) is 10.8. The third-order valence-corrected chi connectivity index (χ3v) is 15.3. The molecule has 4 amide bonds. The van der Waals surface area contributed by atoms with Crippen molar-refractivity contribution < 1.29 is 66.7 Å². The second-order valence-corrected chi connectivity index (χ2v) is 22.5. The summed E-state index contributed by atoms with van der Waals surface area (Å²) >= 11 is 0. The Bertz CT molecular complexity index is 2230. The van der Waals surface area contributed by atoms with Crippen molar-refractivity contribution in [3.8, 4) is 0 Å². The molecule has 0 aliphatic carbocycles. The van der Waals surface area contributed by atoms with Crippen LogP contribution in [0.5, 0.6) is 0 Å². The first-order chi connectivity index (χ1) is 36.6. The first-order valence-corrected chi connectivity index (χ1v) is 28.1. The summed E-state index contributed by atoms with van der Waals surface area (Å²) < 4.78 is 47.6. The number of rotatable bonds is 24. The van der Waals surface area contributed by atoms with Crippen molar-refractivity contribution in [2.45, 2.75) is 224 Å². The molecule has 0 aromatic carbocycles. The number of hydrogen-bond acceptors (Lipinski definition) is 14. The third-order valence-electron chi connectivity index (χ3n) is 15.3. The monoisotopic (exact) mass is 1080 g/mol. The van der Waals surface area contributed by atoms with Gasteiger partial charge in [-0.2, -0.15) is 0 Å². The van der Waals surface area contributed by atoms with Gasteiger partial charge in [0.25, 0.3) is 0 Å². The largest absolute Gasteiger partial charge is 0.459 e. The van der Waals surface area contributed by atoms with Gasteiger partial charge in [-0.15, -0.1) is 0 Å². The van der Waals surface area contributed by atoms with Crippen LogP contribution in [0.15, 0.2) is 71.9 Å². The highest BCUT2D eigenvalue weighted by Crippen LogP contribution is 2.44. The molecule has 6 saturated heterocycles. The van der Waals surface area contributed by atoms with Crippen molar-refractivity contribution in [2.75, 3.05) is 26.3 Å². The van der Waals surface area contributed by atoms with Crippen LogP contribution < -0.4 is 21.3 Å². The fraction of sp³-hybridized carbons (Fsp3) is 0.695. The van der Waals surface area contributed by atoms with Crippen LogP contribution in [0.2, 0.25) is 0 Å². The lowest BCUT2D eigenvalue weighted by Gasteiger charge is -2.39. The molecule has 77 heavy (non-hydrogen) atoms. The van der Waals surface area contributed by atoms with Gasteiger partial charge in [-0.25, -0.2) is 0 Å². The second-order valence-electron chi connectivity index (χ2n) is 22.5. The molecule has 6 rings (SSSR count). The van der Waals surface area contributed by atoms with Crippen LogP contribution in [0.1, 0.15) is 140 Å². The highest BCUT2D eigenvalue weighted by molar-refractivity contribution is 5.88. The van der Waals surface area contributed by atoms with Gasteiger partial charge in [0.2, 0.25) is 23.6 Å². The zero-order valence-electron chi connectivity index (χ0n) is 47.2. The van der Waals surface area contributed by atoms with E-state index < -0.39 is 24.1 Å². The summed E-state index contributed by atoms with van der Waals surface area (Å²) in [4.78, 5) is 74.6. The van der Waals surface area contributed by atoms with Gasteiger partial charge in [0.1, 0.15) is 12.2 Å². The molecule has 4 N–H and O–H groups in total. The van der Waals surface area contributed by atoms with Gasteiger partial charge in [0, 0.05) is 57.8 Å². The lowest BCUT2D eigenvalue weighted by atomic mass is 9.88. The molecule has 6 heterocycles. The van der Waals surface area contributed by atoms with E-state index in [1.807, 2.05) is 39.8 Å². The molecule has 0 aromatic rings. The maximum Gasteiger partial charge on any atom is 0.308 e. The SMILES string of the molecule is CCNC(=O)C[C@@H]1C[C@@]2(CO2)C[C@@H](/C=C/C(C)=C/C[C@@H]2O[C@H](C)[C@H](NC(=O)/C=C\[C@H](C)OC(=O)CCNC(=O)C[C@@H]3C[C@@]4(CO4)C[C@@H](/C=C/C(C)=C/C[C@@H]4O[C@H](C)[C@H](NC(=O)/C=C\[C@H](C)OC(C)=O)C[C@@H]4C)O3)C[C@@H]2C)O1. The summed E-state index contributed by atoms with van der Waals surface area (Å²) in [6, 6.07) is -0.327. The molecule has 0 radical (unpaired) electrons. The molecule has 18 heteroatoms. The van der Waals surface area contributed by atoms with Crippen LogP contribution in [0.3, 0.4) is 0 Å². The van der Waals surface area contributed by atoms with E-state index in [9.17, 15) is 28.8 Å². The number of epoxide rings is 2. The van der Waals surface area contributed by atoms with Gasteiger partial charge in [-0.05, 0) is 98.1 Å². The van der Waals surface area contributed by atoms with Crippen molar-refractivity contribution in [1.82, 2.24) is 21.3 Å². The molecule has 0 unspecified atom stereocenters. The van der Waals surface area contributed by atoms with Crippen LogP contribution in [0.25, 0.3) is 0 Å². The minimum atomic E-state index is -0.659. The summed E-state index contributed by atoms with van der Waals surface area (Å²) in [5.41, 5.74) is 1.68. The number of esters is 2. The molecule has 6 aliphatic rings. The minimum Gasteiger partial charge on any atom is -0.459 e. The van der Waals surface area contributed by atoms with Crippen molar-refractivity contribution in [3.63, 3.8) is 0 Å². The fourth-order valence-corrected chi connectivity index (χ4v) is 10.8. The number of carbonyl (C=O) groups is 6. The Morgan fingerprint density at radius 1 is 0.610 bits per heavy atom. The van der Waals surface area contributed by atoms with E-state index >= 15 is 0 Å². The normalized spacial score (nSPS) is 34.3. The van der Waals surface area contributed by atoms with Crippen LogP contribution in [0.4, 0.5) is 0 Å². The summed E-state index contributed by atoms with van der Waals surface area (Å²) in [5, 5.41) is 11.8. The average Bonchev–Trinajstić information content (AvgIpc) is 4.32. The van der Waals surface area contributed by atoms with Gasteiger partial charge in [0.15, 0.2) is 0 Å². The lowest BCUT2D eigenvalue weighted by molar-refractivity contribution is -0.146. The molecule has 6 fully saturated rings. The highest BCUT2D eigenvalue weighted by atomic mass is 16.6. The molecule has 0 saturated carbocycles. The van der Waals surface area contributed by atoms with Crippen LogP contribution >= 0.6 is 0 Å². The van der Waals surface area contributed by atoms with Crippen molar-refractivity contribution in [3.05, 3.63) is 71.9 Å². The number of amides is 4. The lowest BCUT2D eigenvalue weighted by Crippen LogP contribution is -2.50. The molecule has 0 aromatic heterocycles. The smallest absolute Gasteiger partial charge is 0.308 e. The molecule has 0 bridgehead atoms.